The van der Waals surface area contributed by atoms with E-state index in [1.807, 2.05) is 41.5 Å². The number of hydrogen-bond acceptors (Lipinski definition) is 3. The number of hydrogen-bond donors (Lipinski definition) is 0. The predicted octanol–water partition coefficient (Wildman–Crippen LogP) is 1.03. The van der Waals surface area contributed by atoms with Gasteiger partial charge in [-0.1, -0.05) is 0 Å². The van der Waals surface area contributed by atoms with E-state index in [2.05, 4.69) is 0 Å². The zero-order valence-electron chi connectivity index (χ0n) is 9.26. The summed E-state index contributed by atoms with van der Waals surface area (Å²) in [5.41, 5.74) is -0.347. The van der Waals surface area contributed by atoms with E-state index in [0.717, 1.165) is 10.4 Å². The van der Waals surface area contributed by atoms with Gasteiger partial charge in [0, 0.05) is 0 Å². The van der Waals surface area contributed by atoms with Crippen LogP contribution in [-0.4, -0.2) is 26.5 Å². The normalized spacial score (nSPS) is 14.2. The van der Waals surface area contributed by atoms with Crippen LogP contribution in [0.25, 0.3) is 0 Å². The van der Waals surface area contributed by atoms with Crippen molar-refractivity contribution in [3.05, 3.63) is 0 Å². The van der Waals surface area contributed by atoms with Gasteiger partial charge in [-0.25, -0.2) is 0 Å². The molecule has 4 heteroatoms. The molecule has 0 amide bonds. The minimum Gasteiger partial charge on any atom is -0.277 e. The minimum atomic E-state index is -0.174. The molecule has 0 atom stereocenters. The third-order valence-electron chi connectivity index (χ3n) is 0.805. The maximum atomic E-state index is 5.49. The van der Waals surface area contributed by atoms with E-state index >= 15 is 0 Å². The molecule has 0 aromatic carbocycles. The van der Waals surface area contributed by atoms with Gasteiger partial charge in [0.1, 0.15) is 0 Å². The average Bonchev–Trinajstić information content (AvgIpc) is 1.49. The van der Waals surface area contributed by atoms with Crippen LogP contribution in [0.5, 0.6) is 0 Å². The SMILES string of the molecule is CC(C)(C)ON([SiH3])OC(C)(C)C. The van der Waals surface area contributed by atoms with Crippen LogP contribution in [0.2, 0.25) is 0 Å². The molecule has 0 radical (unpaired) electrons. The lowest BCUT2D eigenvalue weighted by Gasteiger charge is -2.31. The smallest absolute Gasteiger partial charge is 0.151 e. The zero-order chi connectivity index (χ0) is 9.99. The van der Waals surface area contributed by atoms with Crippen molar-refractivity contribution in [1.29, 1.82) is 0 Å². The number of nitrogens with zero attached hydrogens (tertiary/aromatic N) is 1. The Morgan fingerprint density at radius 3 is 1.25 bits per heavy atom. The van der Waals surface area contributed by atoms with E-state index in [1.165, 1.54) is 0 Å². The van der Waals surface area contributed by atoms with Crippen LogP contribution in [0.3, 0.4) is 0 Å². The molecule has 0 fully saturated rings. The molecule has 0 aliphatic rings. The summed E-state index contributed by atoms with van der Waals surface area (Å²) in [6.45, 7) is 12.0. The first-order valence-electron chi connectivity index (χ1n) is 4.22. The fourth-order valence-electron chi connectivity index (χ4n) is 0.790. The highest BCUT2D eigenvalue weighted by Gasteiger charge is 2.19. The van der Waals surface area contributed by atoms with E-state index < -0.39 is 0 Å². The fraction of sp³-hybridized carbons (Fsp3) is 1.00. The first kappa shape index (κ1) is 12.1. The Kier molecular flexibility index (Phi) is 3.90. The van der Waals surface area contributed by atoms with Crippen molar-refractivity contribution in [1.82, 2.24) is 4.89 Å². The molecule has 0 aliphatic heterocycles. The van der Waals surface area contributed by atoms with Crippen molar-refractivity contribution < 1.29 is 9.68 Å². The van der Waals surface area contributed by atoms with E-state index in [0.29, 0.717) is 0 Å². The second-order valence-electron chi connectivity index (χ2n) is 4.85. The van der Waals surface area contributed by atoms with Crippen molar-refractivity contribution in [2.45, 2.75) is 52.7 Å². The standard InChI is InChI=1S/C8H21NO2Si/c1-7(2,3)10-9(12)11-8(4,5)6/h1-6,12H3. The van der Waals surface area contributed by atoms with Gasteiger partial charge in [0.15, 0.2) is 10.4 Å². The summed E-state index contributed by atoms with van der Waals surface area (Å²) in [6, 6.07) is 0. The molecule has 12 heavy (non-hydrogen) atoms. The van der Waals surface area contributed by atoms with Crippen LogP contribution < -0.4 is 0 Å². The van der Waals surface area contributed by atoms with Crippen LogP contribution in [0.15, 0.2) is 0 Å². The van der Waals surface area contributed by atoms with Gasteiger partial charge in [0.05, 0.1) is 11.2 Å². The first-order chi connectivity index (χ1) is 5.10. The quantitative estimate of drug-likeness (QED) is 0.481. The molecule has 0 heterocycles. The van der Waals surface area contributed by atoms with E-state index in [9.17, 15) is 0 Å². The van der Waals surface area contributed by atoms with Crippen molar-refractivity contribution in [3.63, 3.8) is 0 Å². The second-order valence-corrected chi connectivity index (χ2v) is 5.58. The molecule has 0 aromatic rings. The van der Waals surface area contributed by atoms with Gasteiger partial charge in [-0.15, -0.1) is 4.89 Å². The van der Waals surface area contributed by atoms with Crippen molar-refractivity contribution in [2.24, 2.45) is 0 Å². The molecular formula is C8H21NO2Si. The molecule has 0 saturated heterocycles. The van der Waals surface area contributed by atoms with Gasteiger partial charge in [-0.05, 0) is 41.5 Å². The maximum Gasteiger partial charge on any atom is 0.151 e. The van der Waals surface area contributed by atoms with Gasteiger partial charge in [-0.2, -0.15) is 0 Å². The van der Waals surface area contributed by atoms with Gasteiger partial charge < -0.3 is 0 Å². The lowest BCUT2D eigenvalue weighted by Crippen LogP contribution is -2.37. The summed E-state index contributed by atoms with van der Waals surface area (Å²) in [6.07, 6.45) is 0. The number of rotatable bonds is 2. The molecule has 0 rings (SSSR count). The minimum absolute atomic E-state index is 0.174. The summed E-state index contributed by atoms with van der Waals surface area (Å²) in [4.78, 5) is 12.5. The Hall–Kier alpha value is 0.0969. The third kappa shape index (κ3) is 8.20. The van der Waals surface area contributed by atoms with E-state index in [-0.39, 0.29) is 11.2 Å². The Balaban J connectivity index is 3.83. The largest absolute Gasteiger partial charge is 0.277 e. The lowest BCUT2D eigenvalue weighted by atomic mass is 10.2. The summed E-state index contributed by atoms with van der Waals surface area (Å²) in [7, 11) is 0.740. The van der Waals surface area contributed by atoms with Crippen molar-refractivity contribution >= 4 is 10.4 Å². The summed E-state index contributed by atoms with van der Waals surface area (Å²) >= 11 is 0. The Bertz CT molecular complexity index is 121. The van der Waals surface area contributed by atoms with Crippen molar-refractivity contribution in [2.75, 3.05) is 0 Å². The fourth-order valence-corrected chi connectivity index (χ4v) is 1.89. The molecule has 0 unspecified atom stereocenters. The van der Waals surface area contributed by atoms with Crippen molar-refractivity contribution in [3.8, 4) is 0 Å². The maximum absolute atomic E-state index is 5.49. The Labute approximate surface area is 78.4 Å². The van der Waals surface area contributed by atoms with Crippen LogP contribution in [0, 0.1) is 0 Å². The summed E-state index contributed by atoms with van der Waals surface area (Å²) in [5.74, 6) is 0. The monoisotopic (exact) mass is 191 g/mol. The highest BCUT2D eigenvalue weighted by atomic mass is 28.2. The van der Waals surface area contributed by atoms with Crippen LogP contribution in [-0.2, 0) is 9.68 Å². The molecule has 0 aliphatic carbocycles. The van der Waals surface area contributed by atoms with E-state index in [4.69, 9.17) is 9.68 Å². The second kappa shape index (κ2) is 3.87. The van der Waals surface area contributed by atoms with Crippen LogP contribution in [0.1, 0.15) is 41.5 Å². The van der Waals surface area contributed by atoms with E-state index in [1.54, 1.807) is 4.89 Å². The highest BCUT2D eigenvalue weighted by Crippen LogP contribution is 2.14. The molecule has 74 valence electrons. The highest BCUT2D eigenvalue weighted by molar-refractivity contribution is 6.02. The van der Waals surface area contributed by atoms with Crippen LogP contribution >= 0.6 is 0 Å². The zero-order valence-corrected chi connectivity index (χ0v) is 11.3. The van der Waals surface area contributed by atoms with Gasteiger partial charge in [-0.3, -0.25) is 9.68 Å². The first-order valence-corrected chi connectivity index (χ1v) is 5.12. The third-order valence-corrected chi connectivity index (χ3v) is 1.17. The molecule has 0 spiro atoms. The van der Waals surface area contributed by atoms with Crippen LogP contribution in [0.4, 0.5) is 0 Å². The molecule has 3 nitrogen and oxygen atoms in total. The topological polar surface area (TPSA) is 21.7 Å². The van der Waals surface area contributed by atoms with Gasteiger partial charge in [0.25, 0.3) is 0 Å². The molecule has 0 bridgehead atoms. The lowest BCUT2D eigenvalue weighted by molar-refractivity contribution is -0.374. The van der Waals surface area contributed by atoms with Gasteiger partial charge in [0.2, 0.25) is 0 Å². The summed E-state index contributed by atoms with van der Waals surface area (Å²) < 4.78 is 0. The molecule has 0 N–H and O–H groups in total. The van der Waals surface area contributed by atoms with Gasteiger partial charge >= 0.3 is 0 Å². The average molecular weight is 191 g/mol. The predicted molar refractivity (Wildman–Crippen MR) is 53.5 cm³/mol. The molecule has 0 aromatic heterocycles. The Morgan fingerprint density at radius 2 is 1.08 bits per heavy atom. The Morgan fingerprint density at radius 1 is 0.833 bits per heavy atom. The molecule has 0 saturated carbocycles. The molecular weight excluding hydrogens is 170 g/mol. The summed E-state index contributed by atoms with van der Waals surface area (Å²) in [5, 5.41) is 0.